The Balaban J connectivity index is 1.74. The number of benzene rings is 1. The molecule has 2 aliphatic rings. The van der Waals surface area contributed by atoms with Crippen molar-refractivity contribution in [3.05, 3.63) is 35.4 Å². The van der Waals surface area contributed by atoms with E-state index in [0.717, 1.165) is 25.9 Å². The number of hydrogen-bond donors (Lipinski definition) is 0. The lowest BCUT2D eigenvalue weighted by atomic mass is 9.86. The van der Waals surface area contributed by atoms with Gasteiger partial charge < -0.3 is 0 Å². The van der Waals surface area contributed by atoms with Crippen LogP contribution in [0.2, 0.25) is 0 Å². The third-order valence-corrected chi connectivity index (χ3v) is 6.54. The summed E-state index contributed by atoms with van der Waals surface area (Å²) in [5.41, 5.74) is 2.95. The number of piperidine rings is 1. The van der Waals surface area contributed by atoms with Crippen LogP contribution in [0.3, 0.4) is 0 Å². The summed E-state index contributed by atoms with van der Waals surface area (Å²) >= 11 is 0. The summed E-state index contributed by atoms with van der Waals surface area (Å²) in [6.45, 7) is 1.83. The lowest BCUT2D eigenvalue weighted by molar-refractivity contribution is 0.150. The molecule has 1 saturated heterocycles. The van der Waals surface area contributed by atoms with E-state index in [1.54, 1.807) is 0 Å². The first-order chi connectivity index (χ1) is 9.55. The number of rotatable bonds is 2. The summed E-state index contributed by atoms with van der Waals surface area (Å²) in [4.78, 5) is 2.50. The smallest absolute Gasteiger partial charge is 0.150 e. The number of likely N-dealkylation sites (tertiary alicyclic amines) is 1. The average molecular weight is 293 g/mol. The summed E-state index contributed by atoms with van der Waals surface area (Å²) in [7, 11) is -2.87. The van der Waals surface area contributed by atoms with Gasteiger partial charge in [0.2, 0.25) is 0 Å². The quantitative estimate of drug-likeness (QED) is 0.841. The van der Waals surface area contributed by atoms with Crippen molar-refractivity contribution in [2.45, 2.75) is 43.4 Å². The molecule has 1 unspecified atom stereocenters. The van der Waals surface area contributed by atoms with E-state index >= 15 is 0 Å². The van der Waals surface area contributed by atoms with Gasteiger partial charge in [-0.1, -0.05) is 24.3 Å². The van der Waals surface area contributed by atoms with Crippen LogP contribution in [-0.4, -0.2) is 37.9 Å². The lowest BCUT2D eigenvalue weighted by Crippen LogP contribution is -2.41. The fourth-order valence-corrected chi connectivity index (χ4v) is 4.79. The normalized spacial score (nSPS) is 25.4. The van der Waals surface area contributed by atoms with Crippen molar-refractivity contribution >= 4 is 9.84 Å². The van der Waals surface area contributed by atoms with Crippen LogP contribution in [0.5, 0.6) is 0 Å². The third-order valence-electron chi connectivity index (χ3n) is 4.86. The molecule has 1 fully saturated rings. The number of sulfone groups is 1. The summed E-state index contributed by atoms with van der Waals surface area (Å²) in [5, 5.41) is -0.127. The molecule has 0 saturated carbocycles. The van der Waals surface area contributed by atoms with Crippen LogP contribution in [0.4, 0.5) is 0 Å². The van der Waals surface area contributed by atoms with Crippen LogP contribution in [-0.2, 0) is 16.3 Å². The Morgan fingerprint density at radius 2 is 1.80 bits per heavy atom. The topological polar surface area (TPSA) is 37.4 Å². The molecule has 1 aromatic carbocycles. The Labute approximate surface area is 121 Å². The van der Waals surface area contributed by atoms with Gasteiger partial charge in [-0.3, -0.25) is 4.90 Å². The van der Waals surface area contributed by atoms with Crippen molar-refractivity contribution < 1.29 is 8.42 Å². The molecule has 110 valence electrons. The van der Waals surface area contributed by atoms with Gasteiger partial charge in [0.05, 0.1) is 5.25 Å². The number of hydrogen-bond acceptors (Lipinski definition) is 3. The molecule has 1 aromatic rings. The zero-order valence-corrected chi connectivity index (χ0v) is 12.9. The highest BCUT2D eigenvalue weighted by molar-refractivity contribution is 7.91. The van der Waals surface area contributed by atoms with Gasteiger partial charge in [-0.25, -0.2) is 8.42 Å². The third kappa shape index (κ3) is 2.77. The van der Waals surface area contributed by atoms with Crippen molar-refractivity contribution in [2.75, 3.05) is 19.3 Å². The van der Waals surface area contributed by atoms with Crippen molar-refractivity contribution in [2.24, 2.45) is 0 Å². The predicted molar refractivity (Wildman–Crippen MR) is 81.6 cm³/mol. The highest BCUT2D eigenvalue weighted by atomic mass is 32.2. The minimum atomic E-state index is -2.87. The van der Waals surface area contributed by atoms with Crippen LogP contribution in [0.25, 0.3) is 0 Å². The van der Waals surface area contributed by atoms with Gasteiger partial charge in [-0.15, -0.1) is 0 Å². The van der Waals surface area contributed by atoms with Gasteiger partial charge in [-0.05, 0) is 56.3 Å². The molecule has 0 aromatic heterocycles. The van der Waals surface area contributed by atoms with E-state index in [9.17, 15) is 8.42 Å². The molecule has 0 spiro atoms. The SMILES string of the molecule is CS(=O)(=O)C1CCN(C2CCCc3ccccc32)CC1. The van der Waals surface area contributed by atoms with Gasteiger partial charge in [0.1, 0.15) is 9.84 Å². The molecule has 0 radical (unpaired) electrons. The highest BCUT2D eigenvalue weighted by Crippen LogP contribution is 2.36. The van der Waals surface area contributed by atoms with E-state index in [0.29, 0.717) is 6.04 Å². The Bertz CT molecular complexity index is 574. The van der Waals surface area contributed by atoms with Crippen LogP contribution in [0.1, 0.15) is 42.9 Å². The number of fused-ring (bicyclic) bond motifs is 1. The standard InChI is InChI=1S/C16H23NO2S/c1-20(18,19)14-9-11-17(12-10-14)16-8-4-6-13-5-2-3-7-15(13)16/h2-3,5,7,14,16H,4,6,8-12H2,1H3. The van der Waals surface area contributed by atoms with Gasteiger partial charge in [0.25, 0.3) is 0 Å². The van der Waals surface area contributed by atoms with Crippen LogP contribution in [0.15, 0.2) is 24.3 Å². The van der Waals surface area contributed by atoms with Gasteiger partial charge in [0, 0.05) is 12.3 Å². The van der Waals surface area contributed by atoms with E-state index in [-0.39, 0.29) is 5.25 Å². The molecule has 0 amide bonds. The largest absolute Gasteiger partial charge is 0.296 e. The van der Waals surface area contributed by atoms with Crippen molar-refractivity contribution in [1.82, 2.24) is 4.90 Å². The fourth-order valence-electron chi connectivity index (χ4n) is 3.72. The Morgan fingerprint density at radius 3 is 2.50 bits per heavy atom. The molecular formula is C16H23NO2S. The maximum absolute atomic E-state index is 11.6. The van der Waals surface area contributed by atoms with Gasteiger partial charge >= 0.3 is 0 Å². The van der Waals surface area contributed by atoms with Crippen molar-refractivity contribution in [3.63, 3.8) is 0 Å². The maximum Gasteiger partial charge on any atom is 0.150 e. The molecule has 3 nitrogen and oxygen atoms in total. The van der Waals surface area contributed by atoms with E-state index < -0.39 is 9.84 Å². The summed E-state index contributed by atoms with van der Waals surface area (Å²) < 4.78 is 23.3. The highest BCUT2D eigenvalue weighted by Gasteiger charge is 2.32. The Morgan fingerprint density at radius 1 is 1.10 bits per heavy atom. The summed E-state index contributed by atoms with van der Waals surface area (Å²) in [6, 6.07) is 9.24. The molecule has 0 bridgehead atoms. The average Bonchev–Trinajstić information content (AvgIpc) is 2.46. The van der Waals surface area contributed by atoms with Crippen LogP contribution < -0.4 is 0 Å². The number of aryl methyl sites for hydroxylation is 1. The Kier molecular flexibility index (Phi) is 3.87. The van der Waals surface area contributed by atoms with Crippen molar-refractivity contribution in [3.8, 4) is 0 Å². The minimum absolute atomic E-state index is 0.127. The van der Waals surface area contributed by atoms with E-state index in [4.69, 9.17) is 0 Å². The fraction of sp³-hybridized carbons (Fsp3) is 0.625. The van der Waals surface area contributed by atoms with Gasteiger partial charge in [-0.2, -0.15) is 0 Å². The molecule has 1 aliphatic heterocycles. The first kappa shape index (κ1) is 14.1. The molecule has 4 heteroatoms. The first-order valence-electron chi connectivity index (χ1n) is 7.56. The van der Waals surface area contributed by atoms with E-state index in [2.05, 4.69) is 29.2 Å². The van der Waals surface area contributed by atoms with E-state index in [1.165, 1.54) is 36.6 Å². The lowest BCUT2D eigenvalue weighted by Gasteiger charge is -2.39. The Hall–Kier alpha value is -0.870. The second-order valence-electron chi connectivity index (χ2n) is 6.17. The molecular weight excluding hydrogens is 270 g/mol. The molecule has 0 N–H and O–H groups in total. The predicted octanol–water partition coefficient (Wildman–Crippen LogP) is 2.57. The molecule has 20 heavy (non-hydrogen) atoms. The van der Waals surface area contributed by atoms with Gasteiger partial charge in [0.15, 0.2) is 0 Å². The second kappa shape index (κ2) is 5.49. The van der Waals surface area contributed by atoms with Crippen molar-refractivity contribution in [1.29, 1.82) is 0 Å². The molecule has 1 heterocycles. The summed E-state index contributed by atoms with van der Waals surface area (Å²) in [6.07, 6.45) is 6.60. The maximum atomic E-state index is 11.6. The zero-order chi connectivity index (χ0) is 14.2. The molecule has 1 atom stereocenters. The zero-order valence-electron chi connectivity index (χ0n) is 12.1. The number of nitrogens with zero attached hydrogens (tertiary/aromatic N) is 1. The van der Waals surface area contributed by atoms with E-state index in [1.807, 2.05) is 0 Å². The second-order valence-corrected chi connectivity index (χ2v) is 8.50. The van der Waals surface area contributed by atoms with Crippen LogP contribution in [0, 0.1) is 0 Å². The first-order valence-corrected chi connectivity index (χ1v) is 9.52. The minimum Gasteiger partial charge on any atom is -0.296 e. The van der Waals surface area contributed by atoms with Crippen LogP contribution >= 0.6 is 0 Å². The summed E-state index contributed by atoms with van der Waals surface area (Å²) in [5.74, 6) is 0. The monoisotopic (exact) mass is 293 g/mol. The molecule has 3 rings (SSSR count). The molecule has 1 aliphatic carbocycles.